The Morgan fingerprint density at radius 3 is 2.14 bits per heavy atom. The summed E-state index contributed by atoms with van der Waals surface area (Å²) < 4.78 is 29.2. The molecular weight excluding hydrogens is 625 g/mol. The van der Waals surface area contributed by atoms with Gasteiger partial charge in [0.05, 0.1) is 10.6 Å². The first kappa shape index (κ1) is 33.2. The second-order valence-corrected chi connectivity index (χ2v) is 14.2. The molecule has 0 heterocycles. The number of sulfonamides is 1. The molecule has 3 aromatic rings. The minimum atomic E-state index is -4.16. The van der Waals surface area contributed by atoms with Gasteiger partial charge >= 0.3 is 0 Å². The number of aryl methyl sites for hydroxylation is 1. The first-order valence-electron chi connectivity index (χ1n) is 14.3. The molecule has 11 heteroatoms. The normalized spacial score (nSPS) is 14.3. The number of carbonyl (C=O) groups excluding carboxylic acids is 2. The number of rotatable bonds is 12. The van der Waals surface area contributed by atoms with Crippen molar-refractivity contribution in [1.82, 2.24) is 10.2 Å². The van der Waals surface area contributed by atoms with Crippen molar-refractivity contribution in [2.45, 2.75) is 74.4 Å². The SMILES string of the molecule is CCC(C(=O)NC1CCCC1)N(Cc1c(Cl)cccc1Cl)C(=O)CN(c1ccc(C)cc1)S(=O)(=O)c1ccc(SC)cc1. The molecule has 0 aromatic heterocycles. The molecule has 1 saturated carbocycles. The van der Waals surface area contributed by atoms with Gasteiger partial charge in [-0.1, -0.05) is 66.7 Å². The second-order valence-electron chi connectivity index (χ2n) is 10.7. The monoisotopic (exact) mass is 661 g/mol. The molecule has 43 heavy (non-hydrogen) atoms. The zero-order valence-corrected chi connectivity index (χ0v) is 27.7. The Balaban J connectivity index is 1.74. The van der Waals surface area contributed by atoms with E-state index in [1.807, 2.05) is 20.1 Å². The largest absolute Gasteiger partial charge is 0.352 e. The van der Waals surface area contributed by atoms with Crippen LogP contribution in [0.2, 0.25) is 10.0 Å². The van der Waals surface area contributed by atoms with E-state index in [1.54, 1.807) is 54.6 Å². The van der Waals surface area contributed by atoms with Crippen LogP contribution in [0.5, 0.6) is 0 Å². The van der Waals surface area contributed by atoms with Gasteiger partial charge in [-0.15, -0.1) is 11.8 Å². The summed E-state index contributed by atoms with van der Waals surface area (Å²) in [5, 5.41) is 3.82. The van der Waals surface area contributed by atoms with E-state index >= 15 is 0 Å². The lowest BCUT2D eigenvalue weighted by molar-refractivity contribution is -0.140. The van der Waals surface area contributed by atoms with Gasteiger partial charge in [-0.25, -0.2) is 8.42 Å². The number of thioether (sulfide) groups is 1. The number of hydrogen-bond donors (Lipinski definition) is 1. The molecule has 3 aromatic carbocycles. The molecule has 0 saturated heterocycles. The van der Waals surface area contributed by atoms with Crippen LogP contribution in [-0.2, 0) is 26.2 Å². The van der Waals surface area contributed by atoms with Crippen LogP contribution in [0.25, 0.3) is 0 Å². The van der Waals surface area contributed by atoms with Gasteiger partial charge < -0.3 is 10.2 Å². The van der Waals surface area contributed by atoms with Crippen LogP contribution in [0.1, 0.15) is 50.2 Å². The van der Waals surface area contributed by atoms with Crippen molar-refractivity contribution in [2.24, 2.45) is 0 Å². The third-order valence-corrected chi connectivity index (χ3v) is 11.0. The highest BCUT2D eigenvalue weighted by atomic mass is 35.5. The van der Waals surface area contributed by atoms with Crippen molar-refractivity contribution in [3.05, 3.63) is 87.9 Å². The maximum Gasteiger partial charge on any atom is 0.264 e. The highest BCUT2D eigenvalue weighted by Crippen LogP contribution is 2.30. The maximum absolute atomic E-state index is 14.3. The zero-order chi connectivity index (χ0) is 31.1. The molecule has 0 aliphatic heterocycles. The highest BCUT2D eigenvalue weighted by Gasteiger charge is 2.35. The van der Waals surface area contributed by atoms with E-state index in [-0.39, 0.29) is 23.4 Å². The van der Waals surface area contributed by atoms with Gasteiger partial charge in [-0.05, 0) is 81.0 Å². The van der Waals surface area contributed by atoms with Gasteiger partial charge in [0.25, 0.3) is 10.0 Å². The van der Waals surface area contributed by atoms with Crippen molar-refractivity contribution in [3.8, 4) is 0 Å². The molecule has 2 amide bonds. The van der Waals surface area contributed by atoms with Crippen molar-refractivity contribution in [2.75, 3.05) is 17.1 Å². The molecule has 1 fully saturated rings. The minimum absolute atomic E-state index is 0.0519. The fraction of sp³-hybridized carbons (Fsp3) is 0.375. The lowest BCUT2D eigenvalue weighted by atomic mass is 10.1. The summed E-state index contributed by atoms with van der Waals surface area (Å²) in [6.07, 6.45) is 6.09. The summed E-state index contributed by atoms with van der Waals surface area (Å²) in [4.78, 5) is 30.3. The van der Waals surface area contributed by atoms with Crippen molar-refractivity contribution < 1.29 is 18.0 Å². The number of hydrogen-bond acceptors (Lipinski definition) is 5. The van der Waals surface area contributed by atoms with Gasteiger partial charge in [0, 0.05) is 33.1 Å². The fourth-order valence-corrected chi connectivity index (χ4v) is 7.59. The van der Waals surface area contributed by atoms with Crippen LogP contribution >= 0.6 is 35.0 Å². The Morgan fingerprint density at radius 2 is 1.58 bits per heavy atom. The van der Waals surface area contributed by atoms with Crippen molar-refractivity contribution in [3.63, 3.8) is 0 Å². The smallest absolute Gasteiger partial charge is 0.264 e. The topological polar surface area (TPSA) is 86.8 Å². The molecule has 1 atom stereocenters. The third kappa shape index (κ3) is 8.06. The predicted molar refractivity (Wildman–Crippen MR) is 175 cm³/mol. The van der Waals surface area contributed by atoms with E-state index < -0.39 is 28.5 Å². The Kier molecular flexibility index (Phi) is 11.5. The number of anilines is 1. The Bertz CT molecular complexity index is 1510. The lowest BCUT2D eigenvalue weighted by Gasteiger charge is -2.34. The van der Waals surface area contributed by atoms with Crippen LogP contribution in [0.4, 0.5) is 5.69 Å². The van der Waals surface area contributed by atoms with Gasteiger partial charge in [-0.3, -0.25) is 13.9 Å². The minimum Gasteiger partial charge on any atom is -0.352 e. The summed E-state index contributed by atoms with van der Waals surface area (Å²) in [5.74, 6) is -0.822. The van der Waals surface area contributed by atoms with Gasteiger partial charge in [0.2, 0.25) is 11.8 Å². The average molecular weight is 663 g/mol. The lowest BCUT2D eigenvalue weighted by Crippen LogP contribution is -2.53. The molecule has 0 radical (unpaired) electrons. The second kappa shape index (κ2) is 14.8. The Hall–Kier alpha value is -2.72. The van der Waals surface area contributed by atoms with E-state index in [2.05, 4.69) is 5.32 Å². The number of amides is 2. The van der Waals surface area contributed by atoms with Crippen molar-refractivity contribution >= 4 is 62.5 Å². The van der Waals surface area contributed by atoms with E-state index in [1.165, 1.54) is 28.8 Å². The van der Waals surface area contributed by atoms with E-state index in [0.717, 1.165) is 40.4 Å². The molecule has 0 spiro atoms. The van der Waals surface area contributed by atoms with Gasteiger partial charge in [0.15, 0.2) is 0 Å². The summed E-state index contributed by atoms with van der Waals surface area (Å²) in [7, 11) is -4.16. The van der Waals surface area contributed by atoms with E-state index in [0.29, 0.717) is 27.7 Å². The molecule has 0 bridgehead atoms. The molecule has 1 unspecified atom stereocenters. The van der Waals surface area contributed by atoms with Crippen LogP contribution in [-0.4, -0.2) is 50.0 Å². The van der Waals surface area contributed by atoms with Crippen molar-refractivity contribution in [1.29, 1.82) is 0 Å². The van der Waals surface area contributed by atoms with Crippen LogP contribution in [0.3, 0.4) is 0 Å². The number of nitrogens with one attached hydrogen (secondary N) is 1. The number of carbonyl (C=O) groups is 2. The molecule has 1 aliphatic carbocycles. The highest BCUT2D eigenvalue weighted by molar-refractivity contribution is 7.98. The molecule has 1 N–H and O–H groups in total. The third-order valence-electron chi connectivity index (χ3n) is 7.73. The summed E-state index contributed by atoms with van der Waals surface area (Å²) in [6.45, 7) is 3.15. The first-order valence-corrected chi connectivity index (χ1v) is 17.7. The fourth-order valence-electron chi connectivity index (χ4n) is 5.26. The van der Waals surface area contributed by atoms with E-state index in [9.17, 15) is 18.0 Å². The van der Waals surface area contributed by atoms with Gasteiger partial charge in [0.1, 0.15) is 12.6 Å². The maximum atomic E-state index is 14.3. The van der Waals surface area contributed by atoms with Gasteiger partial charge in [-0.2, -0.15) is 0 Å². The number of halogens is 2. The molecule has 4 rings (SSSR count). The Morgan fingerprint density at radius 1 is 0.977 bits per heavy atom. The quantitative estimate of drug-likeness (QED) is 0.210. The molecule has 230 valence electrons. The molecular formula is C32H37Cl2N3O4S2. The van der Waals surface area contributed by atoms with Crippen LogP contribution < -0.4 is 9.62 Å². The summed E-state index contributed by atoms with van der Waals surface area (Å²) in [5.41, 5.74) is 1.78. The summed E-state index contributed by atoms with van der Waals surface area (Å²) >= 11 is 14.5. The molecule has 7 nitrogen and oxygen atoms in total. The Labute approximate surface area is 269 Å². The summed E-state index contributed by atoms with van der Waals surface area (Å²) in [6, 6.07) is 17.7. The zero-order valence-electron chi connectivity index (χ0n) is 24.6. The molecule has 1 aliphatic rings. The first-order chi connectivity index (χ1) is 20.5. The van der Waals surface area contributed by atoms with Crippen LogP contribution in [0.15, 0.2) is 76.5 Å². The predicted octanol–water partition coefficient (Wildman–Crippen LogP) is 7.09. The standard InChI is InChI=1S/C32H37Cl2N3O4S2/c1-4-30(32(39)35-23-8-5-6-9-23)36(20-27-28(33)10-7-11-29(27)34)31(38)21-37(24-14-12-22(2)13-15-24)43(40,41)26-18-16-25(42-3)17-19-26/h7,10-19,23,30H,4-6,8-9,20-21H2,1-3H3,(H,35,39). The number of nitrogens with zero attached hydrogens (tertiary/aromatic N) is 2. The average Bonchev–Trinajstić information content (AvgIpc) is 3.50. The van der Waals surface area contributed by atoms with E-state index in [4.69, 9.17) is 23.2 Å². The number of benzene rings is 3. The van der Waals surface area contributed by atoms with Crippen LogP contribution in [0, 0.1) is 6.92 Å².